The van der Waals surface area contributed by atoms with Gasteiger partial charge in [0.25, 0.3) is 0 Å². The number of imidazole rings is 1. The van der Waals surface area contributed by atoms with Crippen molar-refractivity contribution in [3.63, 3.8) is 0 Å². The van der Waals surface area contributed by atoms with Crippen LogP contribution in [0.5, 0.6) is 0 Å². The smallest absolute Gasteiger partial charge is 0.236 e. The van der Waals surface area contributed by atoms with Crippen LogP contribution in [0.1, 0.15) is 30.8 Å². The van der Waals surface area contributed by atoms with Crippen LogP contribution < -0.4 is 5.43 Å². The lowest BCUT2D eigenvalue weighted by atomic mass is 10.1. The largest absolute Gasteiger partial charge is 0.274 e. The highest BCUT2D eigenvalue weighted by atomic mass is 19.1. The van der Waals surface area contributed by atoms with Gasteiger partial charge in [0, 0.05) is 31.0 Å². The monoisotopic (exact) mass is 376 g/mol. The normalized spacial score (nSPS) is 11.9. The van der Waals surface area contributed by atoms with Gasteiger partial charge >= 0.3 is 0 Å². The van der Waals surface area contributed by atoms with Gasteiger partial charge in [-0.05, 0) is 36.8 Å². The fraction of sp³-hybridized carbons (Fsp3) is 0.150. The number of benzene rings is 1. The molecule has 0 radical (unpaired) electrons. The summed E-state index contributed by atoms with van der Waals surface area (Å²) in [6.45, 7) is 3.13. The van der Waals surface area contributed by atoms with Crippen molar-refractivity contribution in [3.05, 3.63) is 71.6 Å². The average Bonchev–Trinajstić information content (AvgIpc) is 3.08. The van der Waals surface area contributed by atoms with Crippen molar-refractivity contribution in [2.75, 3.05) is 0 Å². The van der Waals surface area contributed by atoms with Crippen molar-refractivity contribution in [1.29, 1.82) is 0 Å². The number of carbonyl (C=O) groups excluding carboxylic acids is 1. The van der Waals surface area contributed by atoms with Crippen molar-refractivity contribution in [2.45, 2.75) is 20.3 Å². The van der Waals surface area contributed by atoms with Crippen molar-refractivity contribution in [3.8, 4) is 0 Å². The quantitative estimate of drug-likeness (QED) is 0.438. The molecule has 28 heavy (non-hydrogen) atoms. The number of nitrogens with one attached hydrogen (secondary N) is 1. The zero-order chi connectivity index (χ0) is 19.7. The molecule has 0 saturated carbocycles. The van der Waals surface area contributed by atoms with Gasteiger partial charge in [-0.1, -0.05) is 6.07 Å². The van der Waals surface area contributed by atoms with E-state index < -0.39 is 0 Å². The van der Waals surface area contributed by atoms with E-state index in [4.69, 9.17) is 0 Å². The number of fused-ring (bicyclic) bond motifs is 2. The lowest BCUT2D eigenvalue weighted by molar-refractivity contribution is -0.118. The van der Waals surface area contributed by atoms with E-state index in [1.165, 1.54) is 13.0 Å². The van der Waals surface area contributed by atoms with Crippen LogP contribution >= 0.6 is 0 Å². The third kappa shape index (κ3) is 3.44. The van der Waals surface area contributed by atoms with E-state index >= 15 is 0 Å². The van der Waals surface area contributed by atoms with Gasteiger partial charge in [0.2, 0.25) is 5.91 Å². The Bertz CT molecular complexity index is 1230. The minimum absolute atomic E-state index is 0.259. The summed E-state index contributed by atoms with van der Waals surface area (Å²) in [6, 6.07) is 10.5. The Balaban J connectivity index is 1.71. The number of aromatic nitrogens is 4. The number of hydrazone groups is 1. The van der Waals surface area contributed by atoms with Gasteiger partial charge in [-0.2, -0.15) is 10.2 Å². The van der Waals surface area contributed by atoms with Crippen LogP contribution in [-0.4, -0.2) is 31.2 Å². The molecule has 8 heteroatoms. The Morgan fingerprint density at radius 1 is 1.21 bits per heavy atom. The van der Waals surface area contributed by atoms with Crippen molar-refractivity contribution in [1.82, 2.24) is 25.0 Å². The molecule has 4 aromatic rings. The molecule has 3 heterocycles. The molecule has 7 nitrogen and oxygen atoms in total. The SMILES string of the molecule is CC(=O)N/N=C(/C)c1ccc2ncc(Cc3cc4cccnc4cc3F)n2n1. The number of pyridine rings is 1. The molecule has 0 aliphatic carbocycles. The van der Waals surface area contributed by atoms with E-state index in [2.05, 4.69) is 25.6 Å². The van der Waals surface area contributed by atoms with Crippen molar-refractivity contribution >= 4 is 28.2 Å². The molecule has 0 aliphatic rings. The molecule has 0 unspecified atom stereocenters. The van der Waals surface area contributed by atoms with Crippen LogP contribution in [0.15, 0.2) is 53.9 Å². The first-order valence-electron chi connectivity index (χ1n) is 8.69. The summed E-state index contributed by atoms with van der Waals surface area (Å²) in [5, 5.41) is 9.41. The number of hydrogen-bond acceptors (Lipinski definition) is 5. The predicted octanol–water partition coefficient (Wildman–Crippen LogP) is 2.87. The summed E-state index contributed by atoms with van der Waals surface area (Å²) >= 11 is 0. The van der Waals surface area contributed by atoms with E-state index in [1.807, 2.05) is 12.1 Å². The van der Waals surface area contributed by atoms with Gasteiger partial charge in [-0.15, -0.1) is 0 Å². The minimum Gasteiger partial charge on any atom is -0.274 e. The van der Waals surface area contributed by atoms with Gasteiger partial charge in [0.15, 0.2) is 5.65 Å². The van der Waals surface area contributed by atoms with E-state index in [9.17, 15) is 9.18 Å². The number of hydrogen-bond donors (Lipinski definition) is 1. The van der Waals surface area contributed by atoms with Crippen LogP contribution in [0.4, 0.5) is 4.39 Å². The summed E-state index contributed by atoms with van der Waals surface area (Å²) < 4.78 is 16.2. The molecule has 4 rings (SSSR count). The summed E-state index contributed by atoms with van der Waals surface area (Å²) in [4.78, 5) is 19.6. The number of nitrogens with zero attached hydrogens (tertiary/aromatic N) is 5. The highest BCUT2D eigenvalue weighted by molar-refractivity contribution is 5.97. The molecule has 0 atom stereocenters. The maximum absolute atomic E-state index is 14.5. The Kier molecular flexibility index (Phi) is 4.52. The second-order valence-corrected chi connectivity index (χ2v) is 6.42. The predicted molar refractivity (Wildman–Crippen MR) is 104 cm³/mol. The molecule has 0 fully saturated rings. The van der Waals surface area contributed by atoms with Crippen LogP contribution in [0.3, 0.4) is 0 Å². The van der Waals surface area contributed by atoms with Crippen LogP contribution in [0.2, 0.25) is 0 Å². The standard InChI is InChI=1S/C20H17FN6O/c1-12(24-25-13(2)28)18-5-6-20-23-11-16(27(20)26-18)9-15-8-14-4-3-7-22-19(14)10-17(15)21/h3-8,10-11H,9H2,1-2H3,(H,25,28)/b24-12-. The molecule has 140 valence electrons. The number of carbonyl (C=O) groups is 1. The summed E-state index contributed by atoms with van der Waals surface area (Å²) in [7, 11) is 0. The first-order valence-corrected chi connectivity index (χ1v) is 8.69. The fourth-order valence-corrected chi connectivity index (χ4v) is 2.93. The number of halogens is 1. The minimum atomic E-state index is -0.319. The Morgan fingerprint density at radius 2 is 2.07 bits per heavy atom. The van der Waals surface area contributed by atoms with Gasteiger partial charge in [0.1, 0.15) is 11.5 Å². The molecule has 0 bridgehead atoms. The third-order valence-corrected chi connectivity index (χ3v) is 4.33. The molecular formula is C20H17FN6O. The Labute approximate surface area is 159 Å². The topological polar surface area (TPSA) is 84.5 Å². The lowest BCUT2D eigenvalue weighted by Gasteiger charge is -2.07. The summed E-state index contributed by atoms with van der Waals surface area (Å²) in [5.41, 5.74) is 6.08. The Hall–Kier alpha value is -3.68. The first-order chi connectivity index (χ1) is 13.5. The highest BCUT2D eigenvalue weighted by Gasteiger charge is 2.12. The highest BCUT2D eigenvalue weighted by Crippen LogP contribution is 2.20. The molecular weight excluding hydrogens is 359 g/mol. The van der Waals surface area contributed by atoms with Gasteiger partial charge in [0.05, 0.1) is 23.1 Å². The van der Waals surface area contributed by atoms with Gasteiger partial charge in [-0.25, -0.2) is 19.3 Å². The molecule has 0 aliphatic heterocycles. The summed E-state index contributed by atoms with van der Waals surface area (Å²) in [6.07, 6.45) is 3.65. The van der Waals surface area contributed by atoms with Crippen molar-refractivity contribution < 1.29 is 9.18 Å². The third-order valence-electron chi connectivity index (χ3n) is 4.33. The van der Waals surface area contributed by atoms with Gasteiger partial charge < -0.3 is 0 Å². The van der Waals surface area contributed by atoms with Crippen LogP contribution in [0.25, 0.3) is 16.6 Å². The zero-order valence-electron chi connectivity index (χ0n) is 15.3. The fourth-order valence-electron chi connectivity index (χ4n) is 2.93. The molecule has 1 N–H and O–H groups in total. The van der Waals surface area contributed by atoms with E-state index in [1.54, 1.807) is 42.0 Å². The first kappa shape index (κ1) is 17.7. The Morgan fingerprint density at radius 3 is 2.89 bits per heavy atom. The molecule has 0 spiro atoms. The van der Waals surface area contributed by atoms with E-state index in [0.717, 1.165) is 11.1 Å². The molecule has 1 aromatic carbocycles. The zero-order valence-corrected chi connectivity index (χ0v) is 15.3. The van der Waals surface area contributed by atoms with Crippen LogP contribution in [0, 0.1) is 5.82 Å². The average molecular weight is 376 g/mol. The van der Waals surface area contributed by atoms with Crippen molar-refractivity contribution in [2.24, 2.45) is 5.10 Å². The summed E-state index contributed by atoms with van der Waals surface area (Å²) in [5.74, 6) is -0.578. The van der Waals surface area contributed by atoms with E-state index in [-0.39, 0.29) is 11.7 Å². The lowest BCUT2D eigenvalue weighted by Crippen LogP contribution is -2.16. The second-order valence-electron chi connectivity index (χ2n) is 6.42. The van der Waals surface area contributed by atoms with Crippen LogP contribution in [-0.2, 0) is 11.2 Å². The molecule has 3 aromatic heterocycles. The molecule has 1 amide bonds. The number of amides is 1. The maximum Gasteiger partial charge on any atom is 0.236 e. The van der Waals surface area contributed by atoms with Gasteiger partial charge in [-0.3, -0.25) is 9.78 Å². The van der Waals surface area contributed by atoms with E-state index in [0.29, 0.717) is 34.6 Å². The maximum atomic E-state index is 14.5. The molecule has 0 saturated heterocycles. The second kappa shape index (κ2) is 7.15. The number of rotatable bonds is 4.